The minimum atomic E-state index is -1.52. The second-order valence-corrected chi connectivity index (χ2v) is 20.5. The number of amides is 4. The second kappa shape index (κ2) is 34.3. The van der Waals surface area contributed by atoms with E-state index in [0.29, 0.717) is 43.5 Å². The topological polar surface area (TPSA) is 300 Å². The number of nitrogens with zero attached hydrogens (tertiary/aromatic N) is 1. The first kappa shape index (κ1) is 67.6. The number of oxime groups is 1. The van der Waals surface area contributed by atoms with Gasteiger partial charge in [0.2, 0.25) is 0 Å². The molecule has 0 aliphatic rings. The molecule has 4 atom stereocenters. The van der Waals surface area contributed by atoms with Gasteiger partial charge in [0.1, 0.15) is 56.7 Å². The predicted octanol–water partition coefficient (Wildman–Crippen LogP) is 6.76. The van der Waals surface area contributed by atoms with E-state index in [9.17, 15) is 43.5 Å². The molecule has 23 heteroatoms. The summed E-state index contributed by atoms with van der Waals surface area (Å²) in [6.07, 6.45) is -0.820. The maximum atomic E-state index is 12.8. The number of hydrogen-bond acceptors (Lipinski definition) is 19. The Hall–Kier alpha value is -7.43. The first-order chi connectivity index (χ1) is 35.9. The third-order valence-corrected chi connectivity index (χ3v) is 10.8. The average molecular weight is 1090 g/mol. The number of rotatable bonds is 35. The second-order valence-electron chi connectivity index (χ2n) is 20.5. The molecule has 1 aromatic rings. The molecule has 4 amide bonds. The number of ether oxygens (including phenoxy) is 8. The number of carbonyl (C=O) groups is 8. The lowest BCUT2D eigenvalue weighted by Gasteiger charge is -2.28. The van der Waals surface area contributed by atoms with Gasteiger partial charge in [-0.1, -0.05) is 73.0 Å². The van der Waals surface area contributed by atoms with E-state index < -0.39 is 71.5 Å². The van der Waals surface area contributed by atoms with Crippen molar-refractivity contribution in [1.29, 1.82) is 0 Å². The van der Waals surface area contributed by atoms with Crippen molar-refractivity contribution < 1.29 is 86.2 Å². The Morgan fingerprint density at radius 2 is 1.01 bits per heavy atom. The molecule has 0 fully saturated rings. The lowest BCUT2D eigenvalue weighted by Crippen LogP contribution is -2.37. The van der Waals surface area contributed by atoms with Crippen LogP contribution in [0.1, 0.15) is 100 Å². The number of benzene rings is 1. The van der Waals surface area contributed by atoms with Crippen molar-refractivity contribution in [1.82, 2.24) is 21.3 Å². The van der Waals surface area contributed by atoms with Crippen LogP contribution in [0.2, 0.25) is 0 Å². The van der Waals surface area contributed by atoms with Crippen LogP contribution in [0.4, 0.5) is 19.2 Å². The highest BCUT2D eigenvalue weighted by Gasteiger charge is 2.28. The van der Waals surface area contributed by atoms with E-state index in [1.807, 2.05) is 41.5 Å². The third kappa shape index (κ3) is 31.3. The number of esters is 4. The Balaban J connectivity index is 2.55. The smallest absolute Gasteiger partial charge is 0.433 e. The minimum Gasteiger partial charge on any atom is -0.490 e. The van der Waals surface area contributed by atoms with Crippen LogP contribution in [0.3, 0.4) is 0 Å². The van der Waals surface area contributed by atoms with E-state index in [-0.39, 0.29) is 93.4 Å². The number of hydrogen-bond donors (Lipinski definition) is 5. The van der Waals surface area contributed by atoms with E-state index in [1.165, 1.54) is 27.7 Å². The standard InChI is InChI=1S/C54H81N5O18/c1-15-43(60)71-29-41(31-73-46(62)35(3)4)75-49(65)55-23-21-37(7)27-52(9,10)33-57-48(64)70-26-25-69-40-19-17-39(18-20-40)45(54(13,14)68)59-77-51(67)58-34-53(11,12)28-38(8)22-24-56-50(66)76-42(30-72-44(61)16-2)32-74-47(63)36(5)6/h15-20,37-38,41-42,68H,1-3,5,21-34H2,4,6-14H3,(H,55,65)(H,56,66)(H,57,64)(H,58,67)/b59-45-. The van der Waals surface area contributed by atoms with Crippen LogP contribution in [-0.2, 0) is 57.2 Å². The quantitative estimate of drug-likeness (QED) is 0.00891. The molecule has 4 unspecified atom stereocenters. The highest BCUT2D eigenvalue weighted by Crippen LogP contribution is 2.27. The van der Waals surface area contributed by atoms with E-state index in [0.717, 1.165) is 12.2 Å². The highest BCUT2D eigenvalue weighted by molar-refractivity contribution is 6.06. The van der Waals surface area contributed by atoms with Gasteiger partial charge in [-0.25, -0.2) is 38.4 Å². The third-order valence-electron chi connectivity index (χ3n) is 10.8. The van der Waals surface area contributed by atoms with Crippen LogP contribution >= 0.6 is 0 Å². The monoisotopic (exact) mass is 1090 g/mol. The Morgan fingerprint density at radius 3 is 1.42 bits per heavy atom. The lowest BCUT2D eigenvalue weighted by atomic mass is 9.82. The minimum absolute atomic E-state index is 0.0372. The van der Waals surface area contributed by atoms with Crippen molar-refractivity contribution in [2.45, 2.75) is 113 Å². The summed E-state index contributed by atoms with van der Waals surface area (Å²) in [7, 11) is 0. The Morgan fingerprint density at radius 1 is 0.597 bits per heavy atom. The van der Waals surface area contributed by atoms with Crippen LogP contribution in [0.5, 0.6) is 5.75 Å². The van der Waals surface area contributed by atoms with E-state index in [2.05, 4.69) is 52.7 Å². The zero-order valence-corrected chi connectivity index (χ0v) is 46.3. The van der Waals surface area contributed by atoms with Gasteiger partial charge in [-0.2, -0.15) is 0 Å². The Bertz CT molecular complexity index is 2200. The molecule has 23 nitrogen and oxygen atoms in total. The first-order valence-corrected chi connectivity index (χ1v) is 25.0. The Labute approximate surface area is 451 Å². The largest absolute Gasteiger partial charge is 0.490 e. The molecule has 430 valence electrons. The van der Waals surface area contributed by atoms with Crippen molar-refractivity contribution in [2.24, 2.45) is 27.8 Å². The van der Waals surface area contributed by atoms with Crippen molar-refractivity contribution in [3.63, 3.8) is 0 Å². The predicted molar refractivity (Wildman–Crippen MR) is 283 cm³/mol. The molecule has 0 saturated heterocycles. The number of aliphatic hydroxyl groups is 1. The zero-order valence-electron chi connectivity index (χ0n) is 46.3. The molecule has 0 heterocycles. The van der Waals surface area contributed by atoms with E-state index >= 15 is 0 Å². The summed E-state index contributed by atoms with van der Waals surface area (Å²) in [6.45, 7) is 31.0. The van der Waals surface area contributed by atoms with Gasteiger partial charge >= 0.3 is 48.3 Å². The maximum absolute atomic E-state index is 12.8. The normalized spacial score (nSPS) is 13.1. The zero-order chi connectivity index (χ0) is 58.4. The summed E-state index contributed by atoms with van der Waals surface area (Å²) < 4.78 is 41.6. The number of nitrogens with one attached hydrogen (secondary N) is 4. The van der Waals surface area contributed by atoms with Crippen LogP contribution in [-0.4, -0.2) is 143 Å². The summed E-state index contributed by atoms with van der Waals surface area (Å²) in [4.78, 5) is 102. The summed E-state index contributed by atoms with van der Waals surface area (Å²) in [5, 5.41) is 25.6. The molecule has 0 aromatic heterocycles. The summed E-state index contributed by atoms with van der Waals surface area (Å²) in [5.41, 5.74) is -1.44. The fourth-order valence-corrected chi connectivity index (χ4v) is 7.06. The van der Waals surface area contributed by atoms with Crippen molar-refractivity contribution >= 4 is 54.0 Å². The molecule has 0 bridgehead atoms. The molecule has 0 radical (unpaired) electrons. The average Bonchev–Trinajstić information content (AvgIpc) is 3.34. The first-order valence-electron chi connectivity index (χ1n) is 25.0. The molecule has 0 spiro atoms. The van der Waals surface area contributed by atoms with Crippen LogP contribution in [0.25, 0.3) is 0 Å². The summed E-state index contributed by atoms with van der Waals surface area (Å²) in [5.74, 6) is -2.21. The van der Waals surface area contributed by atoms with Crippen LogP contribution in [0, 0.1) is 22.7 Å². The molecule has 0 aliphatic heterocycles. The maximum Gasteiger partial charge on any atom is 0.433 e. The van der Waals surface area contributed by atoms with Crippen molar-refractivity contribution in [3.8, 4) is 5.75 Å². The SMILES string of the molecule is C=CC(=O)OCC(COC(=O)C(=C)C)OC(=O)NCCC(C)CC(C)(C)CNC(=O)OCCOc1ccc(/C(=N/OC(=O)NCC(C)(C)CC(C)CCNC(=O)OC(COC(=O)C=C)COC(=O)C(=C)C)C(C)(C)O)cc1. The van der Waals surface area contributed by atoms with Gasteiger partial charge in [-0.15, -0.1) is 0 Å². The van der Waals surface area contributed by atoms with Crippen molar-refractivity contribution in [3.05, 3.63) is 79.4 Å². The highest BCUT2D eigenvalue weighted by atomic mass is 16.7. The number of alkyl carbamates (subject to hydrolysis) is 3. The molecule has 1 rings (SSSR count). The molecule has 0 saturated carbocycles. The number of carbonyl (C=O) groups excluding carboxylic acids is 8. The van der Waals surface area contributed by atoms with Gasteiger partial charge in [0.05, 0.1) is 0 Å². The van der Waals surface area contributed by atoms with Crippen molar-refractivity contribution in [2.75, 3.05) is 65.8 Å². The fourth-order valence-electron chi connectivity index (χ4n) is 7.06. The molecule has 77 heavy (non-hydrogen) atoms. The lowest BCUT2D eigenvalue weighted by molar-refractivity contribution is -0.148. The molecular formula is C54H81N5O18. The molecule has 0 aliphatic carbocycles. The van der Waals surface area contributed by atoms with Crippen LogP contribution in [0.15, 0.2) is 79.0 Å². The molecule has 1 aromatic carbocycles. The summed E-state index contributed by atoms with van der Waals surface area (Å²) >= 11 is 0. The van der Waals surface area contributed by atoms with Gasteiger partial charge in [0, 0.05) is 55.0 Å². The van der Waals surface area contributed by atoms with Gasteiger partial charge in [-0.05, 0) is 100 Å². The molecule has 5 N–H and O–H groups in total. The van der Waals surface area contributed by atoms with E-state index in [1.54, 1.807) is 24.3 Å². The fraction of sp³-hybridized carbons (Fsp3) is 0.574. The van der Waals surface area contributed by atoms with Crippen LogP contribution < -0.4 is 26.0 Å². The Kier molecular flexibility index (Phi) is 30.1. The summed E-state index contributed by atoms with van der Waals surface area (Å²) in [6, 6.07) is 6.50. The van der Waals surface area contributed by atoms with Gasteiger partial charge < -0.3 is 64.3 Å². The van der Waals surface area contributed by atoms with E-state index in [4.69, 9.17) is 42.7 Å². The molecular weight excluding hydrogens is 1010 g/mol. The van der Waals surface area contributed by atoms with Gasteiger partial charge in [0.25, 0.3) is 0 Å². The van der Waals surface area contributed by atoms with Gasteiger partial charge in [0.15, 0.2) is 12.2 Å². The van der Waals surface area contributed by atoms with Gasteiger partial charge in [-0.3, -0.25) is 4.84 Å².